The van der Waals surface area contributed by atoms with E-state index in [2.05, 4.69) is 10.1 Å². The largest absolute Gasteiger partial charge is 0.496 e. The Morgan fingerprint density at radius 1 is 1.26 bits per heavy atom. The van der Waals surface area contributed by atoms with Crippen LogP contribution < -0.4 is 9.47 Å². The van der Waals surface area contributed by atoms with Crippen molar-refractivity contribution in [1.82, 2.24) is 14.8 Å². The fourth-order valence-electron chi connectivity index (χ4n) is 4.02. The first-order chi connectivity index (χ1) is 16.4. The number of hydrogen-bond donors (Lipinski definition) is 2. The van der Waals surface area contributed by atoms with Crippen LogP contribution in [0.15, 0.2) is 30.6 Å². The average Bonchev–Trinajstić information content (AvgIpc) is 3.50. The van der Waals surface area contributed by atoms with Crippen molar-refractivity contribution in [2.45, 2.75) is 50.8 Å². The summed E-state index contributed by atoms with van der Waals surface area (Å²) in [5, 5.41) is 25.4. The van der Waals surface area contributed by atoms with Gasteiger partial charge in [-0.1, -0.05) is 12.8 Å². The highest BCUT2D eigenvalue weighted by molar-refractivity contribution is 8.53. The first kappa shape index (κ1) is 24.7. The predicted octanol–water partition coefficient (Wildman–Crippen LogP) is 5.11. The number of nitrogens with zero attached hydrogens (tertiary/aromatic N) is 3. The van der Waals surface area contributed by atoms with E-state index in [-0.39, 0.29) is 11.7 Å². The molecule has 0 spiro atoms. The summed E-state index contributed by atoms with van der Waals surface area (Å²) < 4.78 is 18.7. The zero-order valence-electron chi connectivity index (χ0n) is 19.3. The van der Waals surface area contributed by atoms with Crippen LogP contribution in [-0.4, -0.2) is 51.3 Å². The number of carbonyl (C=O) groups is 1. The highest BCUT2D eigenvalue weighted by Crippen LogP contribution is 2.62. The van der Waals surface area contributed by atoms with Crippen LogP contribution in [-0.2, 0) is 10.5 Å². The smallest absolute Gasteiger partial charge is 0.338 e. The summed E-state index contributed by atoms with van der Waals surface area (Å²) >= 11 is 1.30. The standard InChI is InChI=1S/C23H28N3O6PS/c1-14-19(30-2)10-15(11-20(14)31-3)23(29)33(34-32-16-6-4-5-7-16)13-26-12-18-21(25-26)17(22(27)28)8-9-24-18/h8-12,16,23,29H,4-7,13H2,1-3H3,(H,27,28). The van der Waals surface area contributed by atoms with E-state index in [9.17, 15) is 15.0 Å². The van der Waals surface area contributed by atoms with Crippen molar-refractivity contribution in [2.24, 2.45) is 0 Å². The summed E-state index contributed by atoms with van der Waals surface area (Å²) in [6, 6.07) is 5.07. The molecule has 1 aromatic carbocycles. The Morgan fingerprint density at radius 3 is 2.56 bits per heavy atom. The number of rotatable bonds is 10. The molecule has 1 saturated carbocycles. The van der Waals surface area contributed by atoms with Crippen molar-refractivity contribution in [3.8, 4) is 11.5 Å². The van der Waals surface area contributed by atoms with Crippen molar-refractivity contribution in [3.05, 3.63) is 47.3 Å². The first-order valence-electron chi connectivity index (χ1n) is 11.0. The van der Waals surface area contributed by atoms with Gasteiger partial charge in [-0.05, 0) is 43.5 Å². The number of carboxylic acid groups (broad SMARTS) is 1. The minimum atomic E-state index is -1.23. The molecule has 11 heteroatoms. The first-order valence-corrected chi connectivity index (χ1v) is 13.9. The second-order valence-corrected chi connectivity index (χ2v) is 11.9. The van der Waals surface area contributed by atoms with E-state index in [0.717, 1.165) is 31.2 Å². The molecule has 1 aliphatic rings. The Balaban J connectivity index is 1.64. The van der Waals surface area contributed by atoms with Crippen molar-refractivity contribution in [3.63, 3.8) is 0 Å². The summed E-state index contributed by atoms with van der Waals surface area (Å²) in [7, 11) is 1.94. The molecule has 2 N–H and O–H groups in total. The van der Waals surface area contributed by atoms with Gasteiger partial charge in [-0.3, -0.25) is 9.67 Å². The maximum absolute atomic E-state index is 11.6. The van der Waals surface area contributed by atoms with Gasteiger partial charge in [0.25, 0.3) is 0 Å². The number of carboxylic acids is 1. The van der Waals surface area contributed by atoms with Gasteiger partial charge in [0.15, 0.2) is 0 Å². The van der Waals surface area contributed by atoms with E-state index in [1.165, 1.54) is 23.9 Å². The third-order valence-corrected chi connectivity index (χ3v) is 9.63. The second-order valence-electron chi connectivity index (χ2n) is 8.13. The molecule has 2 atom stereocenters. The van der Waals surface area contributed by atoms with Crippen molar-refractivity contribution >= 4 is 35.8 Å². The zero-order chi connectivity index (χ0) is 24.2. The summed E-state index contributed by atoms with van der Waals surface area (Å²) in [6.07, 6.45) is 7.99. The lowest BCUT2D eigenvalue weighted by molar-refractivity contribution is 0.0698. The normalized spacial score (nSPS) is 16.0. The van der Waals surface area contributed by atoms with E-state index in [0.29, 0.717) is 34.4 Å². The molecule has 2 aromatic heterocycles. The second kappa shape index (κ2) is 10.9. The summed E-state index contributed by atoms with van der Waals surface area (Å²) in [5.74, 6) is -0.655. The summed E-state index contributed by atoms with van der Waals surface area (Å²) in [6.45, 7) is 1.90. The number of aromatic carboxylic acids is 1. The minimum Gasteiger partial charge on any atom is -0.496 e. The van der Waals surface area contributed by atoms with Crippen LogP contribution in [0.5, 0.6) is 11.5 Å². The number of aromatic nitrogens is 3. The number of aliphatic hydroxyl groups is 1. The molecule has 4 rings (SSSR count). The van der Waals surface area contributed by atoms with Crippen molar-refractivity contribution < 1.29 is 28.7 Å². The molecule has 0 radical (unpaired) electrons. The Hall–Kier alpha value is -2.39. The highest BCUT2D eigenvalue weighted by Gasteiger charge is 2.28. The van der Waals surface area contributed by atoms with Crippen molar-refractivity contribution in [2.75, 3.05) is 14.2 Å². The lowest BCUT2D eigenvalue weighted by Crippen LogP contribution is -2.06. The van der Waals surface area contributed by atoms with Crippen LogP contribution >= 0.6 is 18.8 Å². The molecule has 0 bridgehead atoms. The zero-order valence-corrected chi connectivity index (χ0v) is 21.0. The third kappa shape index (κ3) is 5.30. The lowest BCUT2D eigenvalue weighted by Gasteiger charge is -2.25. The van der Waals surface area contributed by atoms with E-state index in [4.69, 9.17) is 13.7 Å². The molecule has 0 amide bonds. The number of pyridine rings is 1. The van der Waals surface area contributed by atoms with Crippen LogP contribution in [0.1, 0.15) is 53.0 Å². The van der Waals surface area contributed by atoms with Gasteiger partial charge < -0.3 is 23.9 Å². The fourth-order valence-corrected chi connectivity index (χ4v) is 7.44. The Kier molecular flexibility index (Phi) is 7.93. The lowest BCUT2D eigenvalue weighted by atomic mass is 10.1. The molecule has 0 aliphatic heterocycles. The molecule has 0 saturated heterocycles. The molecule has 3 aromatic rings. The molecular weight excluding hydrogens is 477 g/mol. The topological polar surface area (TPSA) is 116 Å². The fraction of sp³-hybridized carbons (Fsp3) is 0.435. The SMILES string of the molecule is COc1cc(C(O)P(Cn2cc3nccc(C(=O)O)c3n2)SOC2CCCC2)cc(OC)c1C. The van der Waals surface area contributed by atoms with Gasteiger partial charge in [0.05, 0.1) is 38.4 Å². The molecular formula is C23H28N3O6PS. The van der Waals surface area contributed by atoms with E-state index in [1.54, 1.807) is 25.1 Å². The van der Waals surface area contributed by atoms with Gasteiger partial charge in [0.2, 0.25) is 0 Å². The van der Waals surface area contributed by atoms with Crippen LogP contribution in [0.2, 0.25) is 0 Å². The Bertz CT molecular complexity index is 1140. The maximum atomic E-state index is 11.6. The van der Waals surface area contributed by atoms with E-state index >= 15 is 0 Å². The third-order valence-electron chi connectivity index (χ3n) is 5.89. The monoisotopic (exact) mass is 505 g/mol. The van der Waals surface area contributed by atoms with Gasteiger partial charge in [-0.25, -0.2) is 4.79 Å². The average molecular weight is 506 g/mol. The maximum Gasteiger partial charge on any atom is 0.338 e. The van der Waals surface area contributed by atoms with E-state index in [1.807, 2.05) is 19.1 Å². The van der Waals surface area contributed by atoms with Crippen LogP contribution in [0.4, 0.5) is 0 Å². The molecule has 34 heavy (non-hydrogen) atoms. The van der Waals surface area contributed by atoms with Gasteiger partial charge in [-0.15, -0.1) is 0 Å². The summed E-state index contributed by atoms with van der Waals surface area (Å²) in [4.78, 5) is 15.8. The van der Waals surface area contributed by atoms with Gasteiger partial charge >= 0.3 is 5.97 Å². The molecule has 1 aliphatic carbocycles. The highest BCUT2D eigenvalue weighted by atomic mass is 32.7. The number of benzene rings is 1. The minimum absolute atomic E-state index is 0.0940. The quantitative estimate of drug-likeness (QED) is 0.286. The van der Waals surface area contributed by atoms with Crippen LogP contribution in [0.25, 0.3) is 11.0 Å². The van der Waals surface area contributed by atoms with E-state index < -0.39 is 18.9 Å². The number of fused-ring (bicyclic) bond motifs is 1. The van der Waals surface area contributed by atoms with Crippen molar-refractivity contribution in [1.29, 1.82) is 0 Å². The number of aliphatic hydroxyl groups excluding tert-OH is 1. The Morgan fingerprint density at radius 2 is 1.94 bits per heavy atom. The molecule has 9 nitrogen and oxygen atoms in total. The Labute approximate surface area is 203 Å². The summed E-state index contributed by atoms with van der Waals surface area (Å²) in [5.41, 5.74) is 2.42. The number of hydrogen-bond acceptors (Lipinski definition) is 8. The van der Waals surface area contributed by atoms with Gasteiger partial charge in [0.1, 0.15) is 28.4 Å². The predicted molar refractivity (Wildman–Crippen MR) is 132 cm³/mol. The molecule has 182 valence electrons. The molecule has 2 unspecified atom stereocenters. The molecule has 1 fully saturated rings. The van der Waals surface area contributed by atoms with Gasteiger partial charge in [-0.2, -0.15) is 5.10 Å². The van der Waals surface area contributed by atoms with Crippen LogP contribution in [0.3, 0.4) is 0 Å². The number of methoxy groups -OCH3 is 2. The van der Waals surface area contributed by atoms with Gasteiger partial charge in [0, 0.05) is 30.5 Å². The molecule has 2 heterocycles. The number of ether oxygens (including phenoxy) is 2. The van der Waals surface area contributed by atoms with Crippen LogP contribution in [0, 0.1) is 6.92 Å².